The van der Waals surface area contributed by atoms with Crippen LogP contribution in [0.4, 0.5) is 5.69 Å². The quantitative estimate of drug-likeness (QED) is 0.296. The Balaban J connectivity index is 1.49. The van der Waals surface area contributed by atoms with E-state index in [9.17, 15) is 32.4 Å². The number of amides is 5. The van der Waals surface area contributed by atoms with Gasteiger partial charge in [0.15, 0.2) is 9.84 Å². The van der Waals surface area contributed by atoms with E-state index >= 15 is 0 Å². The van der Waals surface area contributed by atoms with E-state index in [1.54, 1.807) is 31.3 Å². The molecule has 1 aromatic heterocycles. The molecule has 0 saturated carbocycles. The van der Waals surface area contributed by atoms with Crippen LogP contribution < -0.4 is 10.2 Å². The molecule has 2 aliphatic heterocycles. The number of carbonyl (C=O) groups excluding carboxylic acids is 5. The second-order valence-electron chi connectivity index (χ2n) is 10.3. The first kappa shape index (κ1) is 30.1. The molecule has 0 spiro atoms. The molecule has 43 heavy (non-hydrogen) atoms. The molecule has 13 heteroatoms. The smallest absolute Gasteiger partial charge is 0.277 e. The topological polar surface area (TPSA) is 151 Å². The van der Waals surface area contributed by atoms with Crippen LogP contribution in [0.3, 0.4) is 0 Å². The van der Waals surface area contributed by atoms with Crippen LogP contribution in [0, 0.1) is 0 Å². The number of aromatic nitrogens is 1. The van der Waals surface area contributed by atoms with Crippen molar-refractivity contribution < 1.29 is 32.4 Å². The summed E-state index contributed by atoms with van der Waals surface area (Å²) in [6.45, 7) is 2.96. The van der Waals surface area contributed by atoms with E-state index in [4.69, 9.17) is 0 Å². The average molecular weight is 621 g/mol. The predicted molar refractivity (Wildman–Crippen MR) is 158 cm³/mol. The van der Waals surface area contributed by atoms with Crippen molar-refractivity contribution in [3.63, 3.8) is 0 Å². The van der Waals surface area contributed by atoms with Crippen molar-refractivity contribution in [2.45, 2.75) is 48.6 Å². The Morgan fingerprint density at radius 1 is 1.02 bits per heavy atom. The third-order valence-corrected chi connectivity index (χ3v) is 10.2. The van der Waals surface area contributed by atoms with Crippen molar-refractivity contribution in [3.8, 4) is 0 Å². The number of rotatable bonds is 8. The monoisotopic (exact) mass is 620 g/mol. The lowest BCUT2D eigenvalue weighted by atomic mass is 9.89. The van der Waals surface area contributed by atoms with E-state index in [2.05, 4.69) is 10.3 Å². The van der Waals surface area contributed by atoms with Crippen LogP contribution >= 0.6 is 11.8 Å². The first-order valence-corrected chi connectivity index (χ1v) is 16.3. The van der Waals surface area contributed by atoms with E-state index < -0.39 is 44.9 Å². The first-order valence-electron chi connectivity index (χ1n) is 13.4. The number of fused-ring (bicyclic) bond motifs is 1. The first-order chi connectivity index (χ1) is 20.4. The maximum atomic E-state index is 13.7. The SMILES string of the molecule is CCS(=O)(=O)c1ccc(N(Cc2ccc3c(c2)C(=O)N(C2(C)CCC(=O)NC2=O)C3=O)C(=O)c2ccc(SC)cn2)cc1. The van der Waals surface area contributed by atoms with Gasteiger partial charge in [-0.2, -0.15) is 0 Å². The summed E-state index contributed by atoms with van der Waals surface area (Å²) in [6, 6.07) is 13.9. The second kappa shape index (κ2) is 11.4. The molecule has 222 valence electrons. The Morgan fingerprint density at radius 2 is 1.72 bits per heavy atom. The molecule has 1 fully saturated rings. The van der Waals surface area contributed by atoms with Crippen LogP contribution in [0.1, 0.15) is 63.5 Å². The summed E-state index contributed by atoms with van der Waals surface area (Å²) in [7, 11) is -3.46. The standard InChI is InChI=1S/C30H28N4O7S2/c1-4-43(40,41)21-9-6-19(7-10-21)33(28(38)24-12-8-20(42-3)16-31-24)17-18-5-11-22-23(15-18)27(37)34(26(22)36)30(2)14-13-25(35)32-29(30)39/h5-12,15-16H,4,13-14,17H2,1-3H3,(H,32,35,39). The summed E-state index contributed by atoms with van der Waals surface area (Å²) in [5.41, 5.74) is -0.273. The molecule has 5 amide bonds. The fourth-order valence-corrected chi connectivity index (χ4v) is 6.32. The zero-order chi connectivity index (χ0) is 31.1. The lowest BCUT2D eigenvalue weighted by molar-refractivity contribution is -0.140. The van der Waals surface area contributed by atoms with Gasteiger partial charge in [0, 0.05) is 23.2 Å². The zero-order valence-electron chi connectivity index (χ0n) is 23.6. The van der Waals surface area contributed by atoms with Crippen LogP contribution in [0.2, 0.25) is 0 Å². The molecule has 2 aliphatic rings. The molecule has 3 heterocycles. The van der Waals surface area contributed by atoms with Gasteiger partial charge in [0.1, 0.15) is 11.2 Å². The molecule has 3 aromatic rings. The number of pyridine rings is 1. The van der Waals surface area contributed by atoms with E-state index in [0.29, 0.717) is 11.3 Å². The number of carbonyl (C=O) groups is 5. The molecular weight excluding hydrogens is 592 g/mol. The lowest BCUT2D eigenvalue weighted by Crippen LogP contribution is -2.62. The van der Waals surface area contributed by atoms with Crippen LogP contribution in [0.5, 0.6) is 0 Å². The summed E-state index contributed by atoms with van der Waals surface area (Å²) in [4.78, 5) is 72.6. The van der Waals surface area contributed by atoms with Crippen molar-refractivity contribution >= 4 is 56.8 Å². The Labute approximate surface area is 252 Å². The number of imide groups is 2. The van der Waals surface area contributed by atoms with Gasteiger partial charge in [0.05, 0.1) is 28.3 Å². The summed E-state index contributed by atoms with van der Waals surface area (Å²) in [5.74, 6) is -3.03. The molecule has 2 aromatic carbocycles. The molecule has 0 aliphatic carbocycles. The van der Waals surface area contributed by atoms with Gasteiger partial charge in [-0.1, -0.05) is 13.0 Å². The summed E-state index contributed by atoms with van der Waals surface area (Å²) in [5, 5.41) is 2.21. The highest BCUT2D eigenvalue weighted by Crippen LogP contribution is 2.35. The normalized spacial score (nSPS) is 18.4. The van der Waals surface area contributed by atoms with Crippen LogP contribution in [0.15, 0.2) is 70.6 Å². The predicted octanol–water partition coefficient (Wildman–Crippen LogP) is 3.24. The van der Waals surface area contributed by atoms with Crippen LogP contribution in [0.25, 0.3) is 0 Å². The number of thioether (sulfide) groups is 1. The summed E-state index contributed by atoms with van der Waals surface area (Å²) < 4.78 is 24.7. The highest BCUT2D eigenvalue weighted by atomic mass is 32.2. The van der Waals surface area contributed by atoms with Gasteiger partial charge in [-0.25, -0.2) is 13.4 Å². The lowest BCUT2D eigenvalue weighted by Gasteiger charge is -2.38. The van der Waals surface area contributed by atoms with E-state index in [1.807, 2.05) is 6.26 Å². The van der Waals surface area contributed by atoms with Gasteiger partial charge in [-0.3, -0.25) is 34.2 Å². The number of benzene rings is 2. The van der Waals surface area contributed by atoms with Crippen LogP contribution in [-0.4, -0.2) is 65.4 Å². The molecule has 5 rings (SSSR count). The highest BCUT2D eigenvalue weighted by Gasteiger charge is 2.52. The number of hydrogen-bond acceptors (Lipinski definition) is 9. The van der Waals surface area contributed by atoms with Crippen molar-refractivity contribution in [1.29, 1.82) is 0 Å². The molecule has 11 nitrogen and oxygen atoms in total. The van der Waals surface area contributed by atoms with Crippen molar-refractivity contribution in [3.05, 3.63) is 83.2 Å². The molecule has 1 saturated heterocycles. The zero-order valence-corrected chi connectivity index (χ0v) is 25.3. The van der Waals surface area contributed by atoms with Gasteiger partial charge in [0.2, 0.25) is 5.91 Å². The Hall–Kier alpha value is -4.36. The molecule has 1 atom stereocenters. The number of anilines is 1. The van der Waals surface area contributed by atoms with Crippen molar-refractivity contribution in [2.75, 3.05) is 16.9 Å². The fourth-order valence-electron chi connectivity index (χ4n) is 5.07. The van der Waals surface area contributed by atoms with Crippen molar-refractivity contribution in [2.24, 2.45) is 0 Å². The minimum absolute atomic E-state index is 0.00431. The molecule has 0 radical (unpaired) electrons. The number of hydrogen-bond donors (Lipinski definition) is 1. The van der Waals surface area contributed by atoms with E-state index in [-0.39, 0.29) is 46.9 Å². The molecule has 0 bridgehead atoms. The van der Waals surface area contributed by atoms with Gasteiger partial charge in [0.25, 0.3) is 23.6 Å². The Morgan fingerprint density at radius 3 is 2.33 bits per heavy atom. The van der Waals surface area contributed by atoms with Gasteiger partial charge in [-0.05, 0) is 73.7 Å². The third-order valence-electron chi connectivity index (χ3n) is 7.69. The summed E-state index contributed by atoms with van der Waals surface area (Å²) >= 11 is 1.48. The minimum Gasteiger partial charge on any atom is -0.303 e. The maximum absolute atomic E-state index is 13.7. The largest absolute Gasteiger partial charge is 0.303 e. The highest BCUT2D eigenvalue weighted by molar-refractivity contribution is 7.98. The van der Waals surface area contributed by atoms with Gasteiger partial charge < -0.3 is 4.90 Å². The Bertz CT molecular complexity index is 1770. The fraction of sp³-hybridized carbons (Fsp3) is 0.267. The molecule has 1 N–H and O–H groups in total. The Kier molecular flexibility index (Phi) is 7.97. The maximum Gasteiger partial charge on any atom is 0.277 e. The molecule has 1 unspecified atom stereocenters. The molecular formula is C30H28N4O7S2. The number of nitrogens with zero attached hydrogens (tertiary/aromatic N) is 3. The van der Waals surface area contributed by atoms with Crippen LogP contribution in [-0.2, 0) is 26.0 Å². The van der Waals surface area contributed by atoms with Gasteiger partial charge in [-0.15, -0.1) is 11.8 Å². The van der Waals surface area contributed by atoms with Crippen molar-refractivity contribution in [1.82, 2.24) is 15.2 Å². The van der Waals surface area contributed by atoms with E-state index in [0.717, 1.165) is 9.80 Å². The second-order valence-corrected chi connectivity index (χ2v) is 13.5. The number of nitrogens with one attached hydrogen (secondary N) is 1. The number of piperidine rings is 1. The third kappa shape index (κ3) is 5.45. The van der Waals surface area contributed by atoms with E-state index in [1.165, 1.54) is 60.0 Å². The minimum atomic E-state index is -3.46. The number of sulfone groups is 1. The average Bonchev–Trinajstić information content (AvgIpc) is 3.26. The summed E-state index contributed by atoms with van der Waals surface area (Å²) in [6.07, 6.45) is 3.46. The van der Waals surface area contributed by atoms with Gasteiger partial charge >= 0.3 is 0 Å².